The summed E-state index contributed by atoms with van der Waals surface area (Å²) < 4.78 is 5.58. The number of ether oxygens (including phenoxy) is 1. The number of benzene rings is 1. The van der Waals surface area contributed by atoms with Gasteiger partial charge in [-0.25, -0.2) is 0 Å². The standard InChI is InChI=1S/C14H21ClN2O2.ClH/c1-4-7-19-13-6-5-11(15)8-12(13)17-14(18)9(2)10(3)16;/h5-6,8-10H,4,7,16H2,1-3H3,(H,17,18);1H. The van der Waals surface area contributed by atoms with Gasteiger partial charge in [0.25, 0.3) is 0 Å². The van der Waals surface area contributed by atoms with Crippen molar-refractivity contribution >= 4 is 35.6 Å². The van der Waals surface area contributed by atoms with Crippen molar-refractivity contribution in [3.8, 4) is 5.75 Å². The first-order valence-electron chi connectivity index (χ1n) is 6.44. The Bertz CT molecular complexity index is 439. The van der Waals surface area contributed by atoms with Crippen molar-refractivity contribution in [2.24, 2.45) is 11.7 Å². The minimum atomic E-state index is -0.280. The first-order valence-corrected chi connectivity index (χ1v) is 6.82. The first kappa shape index (κ1) is 19.0. The van der Waals surface area contributed by atoms with Crippen molar-refractivity contribution in [3.05, 3.63) is 23.2 Å². The van der Waals surface area contributed by atoms with Gasteiger partial charge in [0.2, 0.25) is 5.91 Å². The summed E-state index contributed by atoms with van der Waals surface area (Å²) in [7, 11) is 0. The number of rotatable bonds is 6. The number of nitrogens with two attached hydrogens (primary N) is 1. The van der Waals surface area contributed by atoms with Crippen molar-refractivity contribution < 1.29 is 9.53 Å². The molecule has 0 aromatic heterocycles. The number of amides is 1. The molecule has 0 aliphatic rings. The molecule has 0 radical (unpaired) electrons. The maximum atomic E-state index is 12.0. The van der Waals surface area contributed by atoms with Crippen LogP contribution in [0.1, 0.15) is 27.2 Å². The average Bonchev–Trinajstić information content (AvgIpc) is 2.36. The minimum Gasteiger partial charge on any atom is -0.491 e. The molecule has 3 N–H and O–H groups in total. The number of hydrogen-bond donors (Lipinski definition) is 2. The van der Waals surface area contributed by atoms with Gasteiger partial charge in [-0.1, -0.05) is 25.4 Å². The van der Waals surface area contributed by atoms with Crippen LogP contribution in [0, 0.1) is 5.92 Å². The Morgan fingerprint density at radius 3 is 2.65 bits per heavy atom. The first-order chi connectivity index (χ1) is 8.95. The van der Waals surface area contributed by atoms with Crippen LogP contribution in [-0.2, 0) is 4.79 Å². The monoisotopic (exact) mass is 320 g/mol. The smallest absolute Gasteiger partial charge is 0.228 e. The second-order valence-electron chi connectivity index (χ2n) is 4.63. The van der Waals surface area contributed by atoms with Gasteiger partial charge >= 0.3 is 0 Å². The molecule has 1 rings (SSSR count). The molecule has 114 valence electrons. The van der Waals surface area contributed by atoms with E-state index in [-0.39, 0.29) is 30.3 Å². The highest BCUT2D eigenvalue weighted by Gasteiger charge is 2.18. The van der Waals surface area contributed by atoms with Gasteiger partial charge in [0.05, 0.1) is 18.2 Å². The summed E-state index contributed by atoms with van der Waals surface area (Å²) in [6.45, 7) is 6.20. The van der Waals surface area contributed by atoms with Gasteiger partial charge in [-0.2, -0.15) is 0 Å². The molecule has 0 saturated heterocycles. The molecule has 0 saturated carbocycles. The third-order valence-electron chi connectivity index (χ3n) is 2.86. The second-order valence-corrected chi connectivity index (χ2v) is 5.06. The lowest BCUT2D eigenvalue weighted by atomic mass is 10.0. The Kier molecular flexibility index (Phi) is 8.62. The summed E-state index contributed by atoms with van der Waals surface area (Å²) in [5.74, 6) is 0.202. The highest BCUT2D eigenvalue weighted by molar-refractivity contribution is 6.31. The highest BCUT2D eigenvalue weighted by Crippen LogP contribution is 2.28. The number of anilines is 1. The van der Waals surface area contributed by atoms with E-state index in [1.165, 1.54) is 0 Å². The summed E-state index contributed by atoms with van der Waals surface area (Å²) in [6.07, 6.45) is 0.895. The van der Waals surface area contributed by atoms with Crippen molar-refractivity contribution in [1.29, 1.82) is 0 Å². The van der Waals surface area contributed by atoms with E-state index in [9.17, 15) is 4.79 Å². The molecule has 0 spiro atoms. The molecular weight excluding hydrogens is 299 g/mol. The lowest BCUT2D eigenvalue weighted by molar-refractivity contribution is -0.119. The van der Waals surface area contributed by atoms with E-state index in [0.717, 1.165) is 6.42 Å². The molecule has 2 atom stereocenters. The fourth-order valence-corrected chi connectivity index (χ4v) is 1.60. The van der Waals surface area contributed by atoms with Crippen LogP contribution in [0.3, 0.4) is 0 Å². The Balaban J connectivity index is 0.00000361. The molecule has 0 fully saturated rings. The Hall–Kier alpha value is -0.970. The fraction of sp³-hybridized carbons (Fsp3) is 0.500. The second kappa shape index (κ2) is 9.06. The van der Waals surface area contributed by atoms with E-state index in [1.54, 1.807) is 32.0 Å². The third kappa shape index (κ3) is 5.57. The number of nitrogens with one attached hydrogen (secondary N) is 1. The largest absolute Gasteiger partial charge is 0.491 e. The van der Waals surface area contributed by atoms with Gasteiger partial charge in [0, 0.05) is 11.1 Å². The SMILES string of the molecule is CCCOc1ccc(Cl)cc1NC(=O)C(C)C(C)N.Cl. The predicted molar refractivity (Wildman–Crippen MR) is 85.9 cm³/mol. The number of carbonyl (C=O) groups excluding carboxylic acids is 1. The van der Waals surface area contributed by atoms with E-state index in [0.29, 0.717) is 23.1 Å². The number of hydrogen-bond acceptors (Lipinski definition) is 3. The van der Waals surface area contributed by atoms with Crippen LogP contribution in [0.15, 0.2) is 18.2 Å². The maximum absolute atomic E-state index is 12.0. The molecule has 2 unspecified atom stereocenters. The lowest BCUT2D eigenvalue weighted by Gasteiger charge is -2.17. The van der Waals surface area contributed by atoms with Gasteiger partial charge in [-0.05, 0) is 31.5 Å². The van der Waals surface area contributed by atoms with Crippen LogP contribution in [0.5, 0.6) is 5.75 Å². The Morgan fingerprint density at radius 2 is 2.10 bits per heavy atom. The lowest BCUT2D eigenvalue weighted by Crippen LogP contribution is -2.34. The molecule has 0 aliphatic carbocycles. The van der Waals surface area contributed by atoms with E-state index < -0.39 is 0 Å². The normalized spacial score (nSPS) is 13.1. The van der Waals surface area contributed by atoms with Gasteiger partial charge in [-0.3, -0.25) is 4.79 Å². The molecule has 0 bridgehead atoms. The zero-order valence-corrected chi connectivity index (χ0v) is 13.6. The molecule has 6 heteroatoms. The molecule has 4 nitrogen and oxygen atoms in total. The third-order valence-corrected chi connectivity index (χ3v) is 3.10. The highest BCUT2D eigenvalue weighted by atomic mass is 35.5. The zero-order chi connectivity index (χ0) is 14.4. The Morgan fingerprint density at radius 1 is 1.45 bits per heavy atom. The van der Waals surface area contributed by atoms with Crippen LogP contribution in [-0.4, -0.2) is 18.6 Å². The van der Waals surface area contributed by atoms with Crippen molar-refractivity contribution in [1.82, 2.24) is 0 Å². The molecule has 0 aliphatic heterocycles. The van der Waals surface area contributed by atoms with Crippen LogP contribution in [0.4, 0.5) is 5.69 Å². The van der Waals surface area contributed by atoms with E-state index in [2.05, 4.69) is 5.32 Å². The zero-order valence-electron chi connectivity index (χ0n) is 12.0. The minimum absolute atomic E-state index is 0. The van der Waals surface area contributed by atoms with Crippen molar-refractivity contribution in [2.75, 3.05) is 11.9 Å². The van der Waals surface area contributed by atoms with Gasteiger partial charge < -0.3 is 15.8 Å². The van der Waals surface area contributed by atoms with Gasteiger partial charge in [0.15, 0.2) is 0 Å². The molecule has 0 heterocycles. The quantitative estimate of drug-likeness (QED) is 0.843. The summed E-state index contributed by atoms with van der Waals surface area (Å²) in [5.41, 5.74) is 6.30. The van der Waals surface area contributed by atoms with Gasteiger partial charge in [0.1, 0.15) is 5.75 Å². The Labute approximate surface area is 131 Å². The predicted octanol–water partition coefficient (Wildman–Crippen LogP) is 3.47. The number of carbonyl (C=O) groups is 1. The summed E-state index contributed by atoms with van der Waals surface area (Å²) in [5, 5.41) is 3.36. The van der Waals surface area contributed by atoms with E-state index in [4.69, 9.17) is 22.1 Å². The van der Waals surface area contributed by atoms with Crippen LogP contribution in [0.2, 0.25) is 5.02 Å². The maximum Gasteiger partial charge on any atom is 0.228 e. The fourth-order valence-electron chi connectivity index (χ4n) is 1.42. The molecular formula is C14H22Cl2N2O2. The molecule has 1 aromatic carbocycles. The molecule has 20 heavy (non-hydrogen) atoms. The van der Waals surface area contributed by atoms with Crippen LogP contribution < -0.4 is 15.8 Å². The number of halogens is 2. The van der Waals surface area contributed by atoms with E-state index >= 15 is 0 Å². The molecule has 1 amide bonds. The van der Waals surface area contributed by atoms with Crippen molar-refractivity contribution in [2.45, 2.75) is 33.2 Å². The average molecular weight is 321 g/mol. The van der Waals surface area contributed by atoms with Crippen LogP contribution >= 0.6 is 24.0 Å². The molecule has 1 aromatic rings. The summed E-state index contributed by atoms with van der Waals surface area (Å²) in [6, 6.07) is 4.96. The van der Waals surface area contributed by atoms with Crippen molar-refractivity contribution in [3.63, 3.8) is 0 Å². The topological polar surface area (TPSA) is 64.3 Å². The summed E-state index contributed by atoms with van der Waals surface area (Å²) in [4.78, 5) is 12.0. The van der Waals surface area contributed by atoms with E-state index in [1.807, 2.05) is 6.92 Å². The van der Waals surface area contributed by atoms with Gasteiger partial charge in [-0.15, -0.1) is 12.4 Å². The summed E-state index contributed by atoms with van der Waals surface area (Å²) >= 11 is 5.94. The van der Waals surface area contributed by atoms with Crippen LogP contribution in [0.25, 0.3) is 0 Å².